The summed E-state index contributed by atoms with van der Waals surface area (Å²) < 4.78 is 29.2. The molecule has 38 heavy (non-hydrogen) atoms. The minimum Gasteiger partial charge on any atom is -0.481 e. The maximum Gasteiger partial charge on any atom is 0.303 e. The maximum absolute atomic E-state index is 14.2. The van der Waals surface area contributed by atoms with Crippen molar-refractivity contribution in [1.29, 1.82) is 0 Å². The molecule has 3 aromatic rings. The lowest BCUT2D eigenvalue weighted by Crippen LogP contribution is -2.43. The Morgan fingerprint density at radius 3 is 2.61 bits per heavy atom. The average molecular weight is 629 g/mol. The molecular weight excluding hydrogens is 603 g/mol. The van der Waals surface area contributed by atoms with Crippen LogP contribution in [0.5, 0.6) is 0 Å². The zero-order valence-electron chi connectivity index (χ0n) is 20.5. The molecule has 2 aromatic carbocycles. The third-order valence-electron chi connectivity index (χ3n) is 6.71. The van der Waals surface area contributed by atoms with Gasteiger partial charge in [-0.3, -0.25) is 9.59 Å². The van der Waals surface area contributed by atoms with Gasteiger partial charge in [0, 0.05) is 57.3 Å². The summed E-state index contributed by atoms with van der Waals surface area (Å²) in [7, 11) is 0. The summed E-state index contributed by atoms with van der Waals surface area (Å²) in [6.07, 6.45) is 0.199. The Kier molecular flexibility index (Phi) is 8.79. The standard InChI is InChI=1S/C27H26BrCl2F2N3O3/c1-15-23(26(38)33-13-16(6-9-22(36)37)24-19(29)4-2-5-20(24)30)18-12-17(28)7-8-21(18)34-25(15)35-11-3-10-27(31,32)14-35/h2,4-5,7-8,12,16H,3,6,9-11,13-14H2,1H3,(H,33,38)(H,36,37)/t16-/m0/s1. The number of carbonyl (C=O) groups excluding carboxylic acids is 1. The van der Waals surface area contributed by atoms with Gasteiger partial charge in [0.25, 0.3) is 11.8 Å². The summed E-state index contributed by atoms with van der Waals surface area (Å²) in [6, 6.07) is 10.3. The number of aromatic nitrogens is 1. The molecule has 1 fully saturated rings. The third kappa shape index (κ3) is 6.38. The summed E-state index contributed by atoms with van der Waals surface area (Å²) in [5, 5.41) is 13.5. The number of fused-ring (bicyclic) bond motifs is 1. The number of hydrogen-bond acceptors (Lipinski definition) is 4. The quantitative estimate of drug-likeness (QED) is 0.275. The largest absolute Gasteiger partial charge is 0.481 e. The highest BCUT2D eigenvalue weighted by molar-refractivity contribution is 9.10. The molecule has 4 rings (SSSR count). The highest BCUT2D eigenvalue weighted by Gasteiger charge is 2.37. The van der Waals surface area contributed by atoms with Crippen molar-refractivity contribution in [3.63, 3.8) is 0 Å². The van der Waals surface area contributed by atoms with Gasteiger partial charge in [-0.05, 0) is 55.7 Å². The molecule has 0 unspecified atom stereocenters. The molecule has 202 valence electrons. The predicted octanol–water partition coefficient (Wildman–Crippen LogP) is 7.23. The van der Waals surface area contributed by atoms with E-state index in [9.17, 15) is 23.5 Å². The molecule has 1 aliphatic heterocycles. The number of carboxylic acid groups (broad SMARTS) is 1. The summed E-state index contributed by atoms with van der Waals surface area (Å²) in [5.41, 5.74) is 1.88. The van der Waals surface area contributed by atoms with Crippen LogP contribution in [0.1, 0.15) is 53.1 Å². The normalized spacial score (nSPS) is 15.9. The summed E-state index contributed by atoms with van der Waals surface area (Å²) >= 11 is 16.2. The van der Waals surface area contributed by atoms with Crippen LogP contribution in [0.3, 0.4) is 0 Å². The molecule has 1 amide bonds. The molecule has 0 saturated carbocycles. The Balaban J connectivity index is 1.71. The van der Waals surface area contributed by atoms with E-state index in [0.29, 0.717) is 56.4 Å². The molecule has 1 saturated heterocycles. The van der Waals surface area contributed by atoms with Crippen molar-refractivity contribution < 1.29 is 23.5 Å². The number of nitrogens with zero attached hydrogens (tertiary/aromatic N) is 2. The number of rotatable bonds is 8. The van der Waals surface area contributed by atoms with Crippen molar-refractivity contribution in [3.8, 4) is 0 Å². The van der Waals surface area contributed by atoms with E-state index >= 15 is 0 Å². The van der Waals surface area contributed by atoms with Crippen LogP contribution in [-0.2, 0) is 4.79 Å². The number of hydrogen-bond donors (Lipinski definition) is 2. The Bertz CT molecular complexity index is 1370. The number of anilines is 1. The fourth-order valence-electron chi connectivity index (χ4n) is 4.92. The first-order valence-electron chi connectivity index (χ1n) is 12.1. The zero-order valence-corrected chi connectivity index (χ0v) is 23.6. The van der Waals surface area contributed by atoms with Crippen LogP contribution in [0.15, 0.2) is 40.9 Å². The van der Waals surface area contributed by atoms with E-state index in [1.165, 1.54) is 4.90 Å². The van der Waals surface area contributed by atoms with Gasteiger partial charge in [-0.25, -0.2) is 13.8 Å². The fourth-order valence-corrected chi connectivity index (χ4v) is 5.98. The molecule has 2 heterocycles. The third-order valence-corrected chi connectivity index (χ3v) is 7.86. The number of carbonyl (C=O) groups is 2. The molecule has 0 radical (unpaired) electrons. The van der Waals surface area contributed by atoms with Crippen molar-refractivity contribution >= 4 is 67.7 Å². The van der Waals surface area contributed by atoms with Crippen molar-refractivity contribution in [3.05, 3.63) is 67.6 Å². The lowest BCUT2D eigenvalue weighted by molar-refractivity contribution is -0.137. The molecule has 0 aliphatic carbocycles. The second kappa shape index (κ2) is 11.7. The molecule has 1 aromatic heterocycles. The topological polar surface area (TPSA) is 82.5 Å². The number of benzene rings is 2. The molecule has 1 atom stereocenters. The van der Waals surface area contributed by atoms with Crippen LogP contribution in [0.25, 0.3) is 10.9 Å². The fraction of sp³-hybridized carbons (Fsp3) is 0.370. The van der Waals surface area contributed by atoms with Gasteiger partial charge in [-0.2, -0.15) is 0 Å². The first-order chi connectivity index (χ1) is 18.0. The number of nitrogens with one attached hydrogen (secondary N) is 1. The number of carboxylic acids is 1. The van der Waals surface area contributed by atoms with Crippen LogP contribution in [0, 0.1) is 6.92 Å². The van der Waals surface area contributed by atoms with Gasteiger partial charge in [0.15, 0.2) is 0 Å². The molecule has 1 aliphatic rings. The second-order valence-corrected chi connectivity index (χ2v) is 11.2. The van der Waals surface area contributed by atoms with Crippen LogP contribution in [-0.4, -0.2) is 47.5 Å². The van der Waals surface area contributed by atoms with Gasteiger partial charge in [-0.15, -0.1) is 0 Å². The predicted molar refractivity (Wildman–Crippen MR) is 149 cm³/mol. The monoisotopic (exact) mass is 627 g/mol. The van der Waals surface area contributed by atoms with E-state index < -0.39 is 30.3 Å². The summed E-state index contributed by atoms with van der Waals surface area (Å²) in [4.78, 5) is 31.2. The van der Waals surface area contributed by atoms with Crippen LogP contribution in [0.4, 0.5) is 14.6 Å². The van der Waals surface area contributed by atoms with E-state index in [1.54, 1.807) is 43.3 Å². The van der Waals surface area contributed by atoms with E-state index in [1.807, 2.05) is 0 Å². The number of alkyl halides is 2. The molecular formula is C27H26BrCl2F2N3O3. The van der Waals surface area contributed by atoms with Gasteiger partial charge in [0.1, 0.15) is 5.82 Å². The second-order valence-electron chi connectivity index (χ2n) is 9.45. The number of piperidine rings is 1. The van der Waals surface area contributed by atoms with E-state index in [2.05, 4.69) is 26.2 Å². The van der Waals surface area contributed by atoms with Crippen molar-refractivity contribution in [2.75, 3.05) is 24.5 Å². The molecule has 2 N–H and O–H groups in total. The van der Waals surface area contributed by atoms with Crippen LogP contribution >= 0.6 is 39.1 Å². The minimum atomic E-state index is -2.84. The molecule has 0 spiro atoms. The first-order valence-corrected chi connectivity index (χ1v) is 13.7. The van der Waals surface area contributed by atoms with Crippen LogP contribution in [0.2, 0.25) is 10.0 Å². The van der Waals surface area contributed by atoms with Gasteiger partial charge in [0.05, 0.1) is 17.6 Å². The van der Waals surface area contributed by atoms with Gasteiger partial charge in [0.2, 0.25) is 0 Å². The average Bonchev–Trinajstić information content (AvgIpc) is 2.83. The van der Waals surface area contributed by atoms with E-state index in [4.69, 9.17) is 23.2 Å². The molecule has 11 heteroatoms. The summed E-state index contributed by atoms with van der Waals surface area (Å²) in [6.45, 7) is 1.72. The van der Waals surface area contributed by atoms with E-state index in [-0.39, 0.29) is 25.8 Å². The lowest BCUT2D eigenvalue weighted by atomic mass is 9.93. The highest BCUT2D eigenvalue weighted by atomic mass is 79.9. The van der Waals surface area contributed by atoms with Crippen LogP contribution < -0.4 is 10.2 Å². The number of halogens is 5. The first kappa shape index (κ1) is 28.5. The maximum atomic E-state index is 14.2. The highest BCUT2D eigenvalue weighted by Crippen LogP contribution is 2.36. The Hall–Kier alpha value is -2.49. The van der Waals surface area contributed by atoms with Crippen molar-refractivity contribution in [2.24, 2.45) is 0 Å². The van der Waals surface area contributed by atoms with Gasteiger partial charge in [-0.1, -0.05) is 45.2 Å². The Labute approximate surface area is 237 Å². The van der Waals surface area contributed by atoms with Gasteiger partial charge < -0.3 is 15.3 Å². The number of pyridine rings is 1. The Morgan fingerprint density at radius 1 is 1.24 bits per heavy atom. The number of aliphatic carboxylic acids is 1. The smallest absolute Gasteiger partial charge is 0.303 e. The van der Waals surface area contributed by atoms with Crippen molar-refractivity contribution in [2.45, 2.75) is 44.4 Å². The van der Waals surface area contributed by atoms with Crippen molar-refractivity contribution in [1.82, 2.24) is 10.3 Å². The Morgan fingerprint density at radius 2 is 1.95 bits per heavy atom. The zero-order chi connectivity index (χ0) is 27.6. The summed E-state index contributed by atoms with van der Waals surface area (Å²) in [5.74, 6) is -4.36. The molecule has 6 nitrogen and oxygen atoms in total. The SMILES string of the molecule is Cc1c(N2CCCC(F)(F)C2)nc2ccc(Br)cc2c1C(=O)NC[C@H](CCC(=O)O)c1c(Cl)cccc1Cl. The van der Waals surface area contributed by atoms with E-state index in [0.717, 1.165) is 4.47 Å². The minimum absolute atomic E-state index is 0.0734. The van der Waals surface area contributed by atoms with Gasteiger partial charge >= 0.3 is 5.97 Å². The number of amides is 1. The lowest BCUT2D eigenvalue weighted by Gasteiger charge is -2.34. The molecule has 0 bridgehead atoms.